The molecule has 10 heteroatoms. The maximum absolute atomic E-state index is 12.6. The number of hydrogen-bond donors (Lipinski definition) is 1. The third kappa shape index (κ3) is 7.77. The second kappa shape index (κ2) is 13.5. The summed E-state index contributed by atoms with van der Waals surface area (Å²) in [5, 5.41) is 3.27. The molecule has 0 bridgehead atoms. The van der Waals surface area contributed by atoms with Crippen LogP contribution >= 0.6 is 24.0 Å². The number of carbonyl (C=O) groups is 1. The zero-order valence-electron chi connectivity index (χ0n) is 17.5. The van der Waals surface area contributed by atoms with Crippen LogP contribution in [-0.4, -0.2) is 63.8 Å². The molecule has 1 saturated heterocycles. The zero-order valence-corrected chi connectivity index (χ0v) is 19.9. The van der Waals surface area contributed by atoms with Crippen molar-refractivity contribution in [3.05, 3.63) is 23.8 Å². The van der Waals surface area contributed by atoms with Gasteiger partial charge in [0.2, 0.25) is 0 Å². The van der Waals surface area contributed by atoms with Gasteiger partial charge in [0.15, 0.2) is 17.5 Å². The number of benzene rings is 1. The van der Waals surface area contributed by atoms with Gasteiger partial charge in [0.25, 0.3) is 0 Å². The first-order chi connectivity index (χ1) is 14.0. The molecule has 0 aromatic heterocycles. The number of likely N-dealkylation sites (tertiary alicyclic amines) is 1. The van der Waals surface area contributed by atoms with Gasteiger partial charge in [-0.3, -0.25) is 9.79 Å². The number of piperidine rings is 1. The summed E-state index contributed by atoms with van der Waals surface area (Å²) in [7, 11) is 3.10. The molecule has 7 nitrogen and oxygen atoms in total. The van der Waals surface area contributed by atoms with Gasteiger partial charge in [0.05, 0.1) is 19.6 Å². The highest BCUT2D eigenvalue weighted by molar-refractivity contribution is 14.0. The minimum Gasteiger partial charge on any atom is -0.493 e. The minimum absolute atomic E-state index is 0. The number of halogens is 3. The summed E-state index contributed by atoms with van der Waals surface area (Å²) in [4.78, 5) is 18.4. The molecule has 170 valence electrons. The van der Waals surface area contributed by atoms with Gasteiger partial charge >= 0.3 is 12.6 Å². The van der Waals surface area contributed by atoms with E-state index < -0.39 is 6.61 Å². The lowest BCUT2D eigenvalue weighted by atomic mass is 9.98. The molecule has 1 heterocycles. The van der Waals surface area contributed by atoms with Crippen LogP contribution in [0, 0.1) is 5.92 Å². The summed E-state index contributed by atoms with van der Waals surface area (Å²) < 4.78 is 39.8. The molecule has 1 atom stereocenters. The number of alkyl halides is 2. The van der Waals surface area contributed by atoms with E-state index in [2.05, 4.69) is 15.0 Å². The Bertz CT molecular complexity index is 707. The fraction of sp³-hybridized carbons (Fsp3) is 0.600. The van der Waals surface area contributed by atoms with Crippen molar-refractivity contribution >= 4 is 35.9 Å². The van der Waals surface area contributed by atoms with Crippen LogP contribution in [0.15, 0.2) is 23.2 Å². The van der Waals surface area contributed by atoms with E-state index >= 15 is 0 Å². The van der Waals surface area contributed by atoms with Gasteiger partial charge in [0.1, 0.15) is 0 Å². The number of hydrogen-bond acceptors (Lipinski definition) is 5. The summed E-state index contributed by atoms with van der Waals surface area (Å²) in [5.74, 6) is 0.653. The fourth-order valence-corrected chi connectivity index (χ4v) is 3.34. The Morgan fingerprint density at radius 1 is 1.37 bits per heavy atom. The number of aliphatic imine (C=N–C) groups is 1. The highest BCUT2D eigenvalue weighted by Crippen LogP contribution is 2.29. The van der Waals surface area contributed by atoms with Gasteiger partial charge in [-0.1, -0.05) is 6.07 Å². The molecule has 1 aliphatic rings. The molecule has 0 amide bonds. The van der Waals surface area contributed by atoms with Crippen molar-refractivity contribution < 1.29 is 27.8 Å². The van der Waals surface area contributed by atoms with Crippen LogP contribution in [0.1, 0.15) is 25.3 Å². The molecule has 1 unspecified atom stereocenters. The number of nitrogens with zero attached hydrogens (tertiary/aromatic N) is 2. The Kier molecular flexibility index (Phi) is 11.7. The average molecular weight is 541 g/mol. The van der Waals surface area contributed by atoms with Gasteiger partial charge < -0.3 is 24.4 Å². The van der Waals surface area contributed by atoms with Gasteiger partial charge in [-0.15, -0.1) is 24.0 Å². The van der Waals surface area contributed by atoms with E-state index in [1.54, 1.807) is 32.2 Å². The van der Waals surface area contributed by atoms with Crippen LogP contribution in [0.2, 0.25) is 0 Å². The SMILES string of the molecule is CCOC(=O)C1CCCN(C(=NC)NCCc2ccc(OC)c(OC(F)F)c2)C1.I. The number of nitrogens with one attached hydrogen (secondary N) is 1. The normalized spacial score (nSPS) is 16.7. The zero-order chi connectivity index (χ0) is 21.2. The molecule has 1 aliphatic heterocycles. The number of methoxy groups -OCH3 is 1. The van der Waals surface area contributed by atoms with Gasteiger partial charge in [-0.25, -0.2) is 0 Å². The van der Waals surface area contributed by atoms with E-state index in [4.69, 9.17) is 9.47 Å². The third-order valence-electron chi connectivity index (χ3n) is 4.69. The molecular formula is C20H30F2IN3O4. The van der Waals surface area contributed by atoms with E-state index in [1.807, 2.05) is 4.90 Å². The number of carbonyl (C=O) groups excluding carboxylic acids is 1. The predicted molar refractivity (Wildman–Crippen MR) is 121 cm³/mol. The monoisotopic (exact) mass is 541 g/mol. The van der Waals surface area contributed by atoms with Crippen LogP contribution in [0.4, 0.5) is 8.78 Å². The molecule has 1 aromatic carbocycles. The molecular weight excluding hydrogens is 511 g/mol. The number of guanidine groups is 1. The smallest absolute Gasteiger partial charge is 0.387 e. The van der Waals surface area contributed by atoms with Crippen molar-refractivity contribution in [1.82, 2.24) is 10.2 Å². The molecule has 1 N–H and O–H groups in total. The van der Waals surface area contributed by atoms with Gasteiger partial charge in [-0.05, 0) is 43.9 Å². The van der Waals surface area contributed by atoms with E-state index in [9.17, 15) is 13.6 Å². The first-order valence-corrected chi connectivity index (χ1v) is 9.72. The Morgan fingerprint density at radius 2 is 2.13 bits per heavy atom. The third-order valence-corrected chi connectivity index (χ3v) is 4.69. The summed E-state index contributed by atoms with van der Waals surface area (Å²) in [5.41, 5.74) is 0.826. The largest absolute Gasteiger partial charge is 0.493 e. The van der Waals surface area contributed by atoms with Crippen molar-refractivity contribution in [3.8, 4) is 11.5 Å². The Balaban J connectivity index is 0.00000450. The van der Waals surface area contributed by atoms with E-state index in [1.165, 1.54) is 7.11 Å². The molecule has 0 saturated carbocycles. The lowest BCUT2D eigenvalue weighted by molar-refractivity contribution is -0.149. The second-order valence-electron chi connectivity index (χ2n) is 6.62. The molecule has 30 heavy (non-hydrogen) atoms. The predicted octanol–water partition coefficient (Wildman–Crippen LogP) is 3.31. The van der Waals surface area contributed by atoms with Crippen LogP contribution in [0.25, 0.3) is 0 Å². The minimum atomic E-state index is -2.91. The molecule has 1 fully saturated rings. The summed E-state index contributed by atoms with van der Waals surface area (Å²) in [6, 6.07) is 4.96. The molecule has 0 radical (unpaired) electrons. The van der Waals surface area contributed by atoms with Crippen molar-refractivity contribution in [2.45, 2.75) is 32.8 Å². The number of ether oxygens (including phenoxy) is 3. The maximum Gasteiger partial charge on any atom is 0.387 e. The summed E-state index contributed by atoms with van der Waals surface area (Å²) in [6.45, 7) is 1.19. The maximum atomic E-state index is 12.6. The first kappa shape index (κ1) is 26.2. The fourth-order valence-electron chi connectivity index (χ4n) is 3.34. The van der Waals surface area contributed by atoms with Crippen molar-refractivity contribution in [2.75, 3.05) is 40.4 Å². The van der Waals surface area contributed by atoms with Crippen molar-refractivity contribution in [3.63, 3.8) is 0 Å². The van der Waals surface area contributed by atoms with Gasteiger partial charge in [0, 0.05) is 26.7 Å². The van der Waals surface area contributed by atoms with E-state index in [-0.39, 0.29) is 47.4 Å². The molecule has 0 aliphatic carbocycles. The quantitative estimate of drug-likeness (QED) is 0.236. The lowest BCUT2D eigenvalue weighted by Crippen LogP contribution is -2.48. The van der Waals surface area contributed by atoms with Crippen LogP contribution in [0.5, 0.6) is 11.5 Å². The first-order valence-electron chi connectivity index (χ1n) is 9.72. The summed E-state index contributed by atoms with van der Waals surface area (Å²) in [6.07, 6.45) is 2.28. The lowest BCUT2D eigenvalue weighted by Gasteiger charge is -2.34. The van der Waals surface area contributed by atoms with Crippen LogP contribution < -0.4 is 14.8 Å². The van der Waals surface area contributed by atoms with Crippen LogP contribution in [-0.2, 0) is 16.0 Å². The molecule has 0 spiro atoms. The highest BCUT2D eigenvalue weighted by Gasteiger charge is 2.28. The Morgan fingerprint density at radius 3 is 2.77 bits per heavy atom. The summed E-state index contributed by atoms with van der Waals surface area (Å²) >= 11 is 0. The number of esters is 1. The topological polar surface area (TPSA) is 72.4 Å². The number of rotatable bonds is 8. The molecule has 1 aromatic rings. The van der Waals surface area contributed by atoms with Gasteiger partial charge in [-0.2, -0.15) is 8.78 Å². The second-order valence-corrected chi connectivity index (χ2v) is 6.62. The Labute approximate surface area is 193 Å². The van der Waals surface area contributed by atoms with Crippen molar-refractivity contribution in [2.24, 2.45) is 10.9 Å². The van der Waals surface area contributed by atoms with E-state index in [0.717, 1.165) is 24.9 Å². The highest BCUT2D eigenvalue weighted by atomic mass is 127. The standard InChI is InChI=1S/C20H29F2N3O4.HI/c1-4-28-18(26)15-6-5-11-25(13-15)20(23-2)24-10-9-14-7-8-16(27-3)17(12-14)29-19(21)22;/h7-8,12,15,19H,4-6,9-11,13H2,1-3H3,(H,23,24);1H. The van der Waals surface area contributed by atoms with Crippen molar-refractivity contribution in [1.29, 1.82) is 0 Å². The van der Waals surface area contributed by atoms with Crippen LogP contribution in [0.3, 0.4) is 0 Å². The Hall–Kier alpha value is -1.85. The molecule has 2 rings (SSSR count). The average Bonchev–Trinajstić information content (AvgIpc) is 2.71. The van der Waals surface area contributed by atoms with E-state index in [0.29, 0.717) is 32.1 Å².